The number of nitrogens with one attached hydrogen (secondary N) is 1. The van der Waals surface area contributed by atoms with Crippen molar-refractivity contribution in [1.29, 1.82) is 0 Å². The normalized spacial score (nSPS) is 11.3. The van der Waals surface area contributed by atoms with Gasteiger partial charge in [0.2, 0.25) is 21.1 Å². The first-order valence-corrected chi connectivity index (χ1v) is 11.6. The third kappa shape index (κ3) is 5.31. The molecule has 0 spiro atoms. The van der Waals surface area contributed by atoms with E-state index >= 15 is 0 Å². The zero-order valence-electron chi connectivity index (χ0n) is 16.0. The molecule has 0 fully saturated rings. The molecule has 152 valence electrons. The second-order valence-corrected chi connectivity index (χ2v) is 9.82. The van der Waals surface area contributed by atoms with Gasteiger partial charge >= 0.3 is 0 Å². The highest BCUT2D eigenvalue weighted by Gasteiger charge is 2.22. The van der Waals surface area contributed by atoms with Crippen molar-refractivity contribution in [1.82, 2.24) is 10.2 Å². The Labute approximate surface area is 178 Å². The van der Waals surface area contributed by atoms with E-state index in [1.165, 1.54) is 17.4 Å². The number of nitrogens with zero attached hydrogens (tertiary/aromatic N) is 3. The number of halogens is 1. The van der Waals surface area contributed by atoms with E-state index in [1.54, 1.807) is 12.1 Å². The van der Waals surface area contributed by atoms with Crippen LogP contribution in [0.2, 0.25) is 5.02 Å². The molecule has 0 unspecified atom stereocenters. The van der Waals surface area contributed by atoms with E-state index in [0.29, 0.717) is 20.8 Å². The number of benzene rings is 2. The van der Waals surface area contributed by atoms with Crippen molar-refractivity contribution in [3.63, 3.8) is 0 Å². The van der Waals surface area contributed by atoms with Crippen molar-refractivity contribution < 1.29 is 13.2 Å². The molecule has 0 aliphatic rings. The van der Waals surface area contributed by atoms with Gasteiger partial charge in [-0.05, 0) is 31.5 Å². The van der Waals surface area contributed by atoms with Crippen LogP contribution >= 0.6 is 22.9 Å². The molecule has 29 heavy (non-hydrogen) atoms. The fourth-order valence-electron chi connectivity index (χ4n) is 2.51. The molecule has 0 aliphatic carbocycles. The van der Waals surface area contributed by atoms with E-state index in [-0.39, 0.29) is 0 Å². The predicted molar refractivity (Wildman–Crippen MR) is 117 cm³/mol. The lowest BCUT2D eigenvalue weighted by Gasteiger charge is -2.22. The van der Waals surface area contributed by atoms with E-state index < -0.39 is 22.5 Å². The fraction of sp³-hybridized carbons (Fsp3) is 0.211. The number of aryl methyl sites for hydroxylation is 2. The molecule has 1 N–H and O–H groups in total. The van der Waals surface area contributed by atoms with Gasteiger partial charge in [-0.2, -0.15) is 0 Å². The molecule has 1 amide bonds. The molecule has 3 aromatic rings. The summed E-state index contributed by atoms with van der Waals surface area (Å²) in [5.74, 6) is -0.529. The molecule has 1 heterocycles. The Bertz CT molecular complexity index is 1140. The molecular weight excluding hydrogens is 432 g/mol. The Kier molecular flexibility index (Phi) is 6.21. The molecule has 0 saturated heterocycles. The van der Waals surface area contributed by atoms with Crippen molar-refractivity contribution >= 4 is 49.7 Å². The van der Waals surface area contributed by atoms with Gasteiger partial charge in [0.15, 0.2) is 0 Å². The van der Waals surface area contributed by atoms with Crippen molar-refractivity contribution in [2.75, 3.05) is 22.4 Å². The third-order valence-electron chi connectivity index (χ3n) is 4.10. The van der Waals surface area contributed by atoms with E-state index in [9.17, 15) is 13.2 Å². The van der Waals surface area contributed by atoms with Crippen LogP contribution in [0.3, 0.4) is 0 Å². The van der Waals surface area contributed by atoms with E-state index in [1.807, 2.05) is 38.1 Å². The van der Waals surface area contributed by atoms with Gasteiger partial charge in [0.25, 0.3) is 0 Å². The minimum Gasteiger partial charge on any atom is -0.299 e. The van der Waals surface area contributed by atoms with Gasteiger partial charge in [-0.15, -0.1) is 10.2 Å². The summed E-state index contributed by atoms with van der Waals surface area (Å²) in [6.07, 6.45) is 1.04. The first-order chi connectivity index (χ1) is 13.6. The highest BCUT2D eigenvalue weighted by atomic mass is 35.5. The van der Waals surface area contributed by atoms with Gasteiger partial charge < -0.3 is 0 Å². The van der Waals surface area contributed by atoms with Crippen LogP contribution in [0.15, 0.2) is 42.5 Å². The van der Waals surface area contributed by atoms with Crippen LogP contribution in [0.1, 0.15) is 11.1 Å². The second-order valence-electron chi connectivity index (χ2n) is 6.53. The lowest BCUT2D eigenvalue weighted by molar-refractivity contribution is -0.114. The standard InChI is InChI=1S/C19H19ClN4O3S2/c1-12-4-7-14(8-5-12)18-22-23-19(28-18)21-17(25)11-24(29(3,26)27)15-9-6-13(2)16(20)10-15/h4-10H,11H2,1-3H3,(H,21,23,25). The molecule has 3 rings (SSSR count). The Morgan fingerprint density at radius 1 is 1.14 bits per heavy atom. The molecule has 0 atom stereocenters. The van der Waals surface area contributed by atoms with Crippen molar-refractivity contribution in [2.45, 2.75) is 13.8 Å². The average Bonchev–Trinajstić information content (AvgIpc) is 3.10. The average molecular weight is 451 g/mol. The maximum absolute atomic E-state index is 12.5. The van der Waals surface area contributed by atoms with Crippen LogP contribution in [0.4, 0.5) is 10.8 Å². The molecule has 1 aromatic heterocycles. The predicted octanol–water partition coefficient (Wildman–Crippen LogP) is 3.88. The summed E-state index contributed by atoms with van der Waals surface area (Å²) in [6, 6.07) is 12.6. The van der Waals surface area contributed by atoms with Crippen LogP contribution in [0.25, 0.3) is 10.6 Å². The zero-order valence-corrected chi connectivity index (χ0v) is 18.4. The van der Waals surface area contributed by atoms with Crippen LogP contribution in [0, 0.1) is 13.8 Å². The summed E-state index contributed by atoms with van der Waals surface area (Å²) < 4.78 is 25.4. The van der Waals surface area contributed by atoms with Crippen molar-refractivity contribution in [2.24, 2.45) is 0 Å². The zero-order chi connectivity index (χ0) is 21.2. The number of carbonyl (C=O) groups is 1. The van der Waals surface area contributed by atoms with E-state index in [2.05, 4.69) is 15.5 Å². The van der Waals surface area contributed by atoms with Crippen LogP contribution in [-0.2, 0) is 14.8 Å². The Morgan fingerprint density at radius 2 is 1.83 bits per heavy atom. The SMILES string of the molecule is Cc1ccc(-c2nnc(NC(=O)CN(c3ccc(C)c(Cl)c3)S(C)(=O)=O)s2)cc1. The summed E-state index contributed by atoms with van der Waals surface area (Å²) in [4.78, 5) is 12.5. The first kappa shape index (κ1) is 21.2. The lowest BCUT2D eigenvalue weighted by atomic mass is 10.2. The number of hydrogen-bond acceptors (Lipinski definition) is 6. The smallest absolute Gasteiger partial charge is 0.246 e. The van der Waals surface area contributed by atoms with Crippen LogP contribution < -0.4 is 9.62 Å². The fourth-order valence-corrected chi connectivity index (χ4v) is 4.30. The summed E-state index contributed by atoms with van der Waals surface area (Å²) in [7, 11) is -3.70. The molecule has 0 radical (unpaired) electrons. The monoisotopic (exact) mass is 450 g/mol. The molecule has 2 aromatic carbocycles. The Morgan fingerprint density at radius 3 is 2.45 bits per heavy atom. The molecule has 0 saturated carbocycles. The number of carbonyl (C=O) groups excluding carboxylic acids is 1. The van der Waals surface area contributed by atoms with Gasteiger partial charge in [-0.1, -0.05) is 58.8 Å². The number of rotatable bonds is 6. The van der Waals surface area contributed by atoms with Crippen LogP contribution in [-0.4, -0.2) is 37.3 Å². The van der Waals surface area contributed by atoms with Gasteiger partial charge in [0, 0.05) is 10.6 Å². The number of aromatic nitrogens is 2. The summed E-state index contributed by atoms with van der Waals surface area (Å²) in [5, 5.41) is 12.0. The summed E-state index contributed by atoms with van der Waals surface area (Å²) in [6.45, 7) is 3.40. The first-order valence-electron chi connectivity index (χ1n) is 8.58. The Balaban J connectivity index is 1.75. The third-order valence-corrected chi connectivity index (χ3v) is 6.54. The lowest BCUT2D eigenvalue weighted by Crippen LogP contribution is -2.37. The quantitative estimate of drug-likeness (QED) is 0.615. The highest BCUT2D eigenvalue weighted by molar-refractivity contribution is 7.92. The second kappa shape index (κ2) is 8.48. The van der Waals surface area contributed by atoms with Crippen molar-refractivity contribution in [3.8, 4) is 10.6 Å². The highest BCUT2D eigenvalue weighted by Crippen LogP contribution is 2.27. The number of amides is 1. The largest absolute Gasteiger partial charge is 0.299 e. The number of anilines is 2. The minimum atomic E-state index is -3.70. The van der Waals surface area contributed by atoms with Crippen LogP contribution in [0.5, 0.6) is 0 Å². The molecular formula is C19H19ClN4O3S2. The molecule has 0 aliphatic heterocycles. The van der Waals surface area contributed by atoms with Crippen molar-refractivity contribution in [3.05, 3.63) is 58.6 Å². The maximum Gasteiger partial charge on any atom is 0.246 e. The molecule has 10 heteroatoms. The number of sulfonamides is 1. The minimum absolute atomic E-state index is 0.293. The van der Waals surface area contributed by atoms with Gasteiger partial charge in [0.05, 0.1) is 11.9 Å². The Hall–Kier alpha value is -2.49. The topological polar surface area (TPSA) is 92.3 Å². The van der Waals surface area contributed by atoms with Gasteiger partial charge in [-0.25, -0.2) is 8.42 Å². The maximum atomic E-state index is 12.5. The molecule has 0 bridgehead atoms. The van der Waals surface area contributed by atoms with Gasteiger partial charge in [-0.3, -0.25) is 14.4 Å². The van der Waals surface area contributed by atoms with Gasteiger partial charge in [0.1, 0.15) is 11.6 Å². The summed E-state index contributed by atoms with van der Waals surface area (Å²) in [5.41, 5.74) is 3.14. The van der Waals surface area contributed by atoms with E-state index in [0.717, 1.165) is 27.3 Å². The summed E-state index contributed by atoms with van der Waals surface area (Å²) >= 11 is 7.32. The molecule has 7 nitrogen and oxygen atoms in total. The number of hydrogen-bond donors (Lipinski definition) is 1. The van der Waals surface area contributed by atoms with E-state index in [4.69, 9.17) is 11.6 Å².